The summed E-state index contributed by atoms with van der Waals surface area (Å²) in [5.41, 5.74) is -2.87. The molecule has 13 heteroatoms. The van der Waals surface area contributed by atoms with Crippen molar-refractivity contribution >= 4 is 52.4 Å². The van der Waals surface area contributed by atoms with Gasteiger partial charge >= 0.3 is 18.4 Å². The third kappa shape index (κ3) is 9.32. The maximum atomic E-state index is 12.7. The number of aliphatic imine (C=N–C) groups is 1. The Bertz CT molecular complexity index is 1180. The van der Waals surface area contributed by atoms with Crippen molar-refractivity contribution in [2.24, 2.45) is 4.99 Å². The molecule has 0 aliphatic carbocycles. The second-order valence-corrected chi connectivity index (χ2v) is 7.43. The highest BCUT2D eigenvalue weighted by atomic mass is 35.5. The smallest absolute Gasteiger partial charge is 0.308 e. The number of rotatable bonds is 3. The van der Waals surface area contributed by atoms with Crippen LogP contribution in [0.1, 0.15) is 11.1 Å². The number of anilines is 2. The van der Waals surface area contributed by atoms with E-state index in [0.29, 0.717) is 27.9 Å². The molecule has 0 heterocycles. The molecule has 3 aromatic rings. The molecule has 3 aromatic carbocycles. The number of carbonyl (C=O) groups is 1. The van der Waals surface area contributed by atoms with E-state index in [-0.39, 0.29) is 11.8 Å². The summed E-state index contributed by atoms with van der Waals surface area (Å²) in [4.78, 5) is 24.9. The van der Waals surface area contributed by atoms with Crippen LogP contribution in [0.2, 0.25) is 10.0 Å². The molecule has 0 unspecified atom stereocenters. The molecule has 35 heavy (non-hydrogen) atoms. The summed E-state index contributed by atoms with van der Waals surface area (Å²) in [6.45, 7) is 0. The van der Waals surface area contributed by atoms with Gasteiger partial charge in [-0.2, -0.15) is 31.3 Å². The average Bonchev–Trinajstić information content (AvgIpc) is 2.76. The molecule has 0 saturated heterocycles. The lowest BCUT2D eigenvalue weighted by atomic mass is 10.1. The zero-order valence-electron chi connectivity index (χ0n) is 17.1. The summed E-state index contributed by atoms with van der Waals surface area (Å²) >= 11 is 11.2. The highest BCUT2D eigenvalue weighted by Gasteiger charge is 2.37. The molecule has 2 N–H and O–H groups in total. The molecular weight excluding hydrogens is 523 g/mol. The van der Waals surface area contributed by atoms with Crippen molar-refractivity contribution in [3.8, 4) is 0 Å². The van der Waals surface area contributed by atoms with Crippen LogP contribution in [0, 0.1) is 0 Å². The molecule has 0 bridgehead atoms. The standard InChI is InChI=1S/C15H9ClF6N2O.C7H4ClNO/c16-10-1-3-11(4-2-10)23-13(25)24-12-6-8(14(17,18)19)5-9(7-12)15(20,21)22;8-6-1-3-7(4-2-6)9-5-10/h1-7H,(H2,23,24,25);1-4H. The molecule has 184 valence electrons. The first kappa shape index (κ1) is 27.7. The van der Waals surface area contributed by atoms with Crippen molar-refractivity contribution in [3.63, 3.8) is 0 Å². The SMILES string of the molecule is O=C(Nc1ccc(Cl)cc1)Nc1cc(C(F)(F)F)cc(C(F)(F)F)c1.O=C=Nc1ccc(Cl)cc1. The van der Waals surface area contributed by atoms with Gasteiger partial charge in [-0.3, -0.25) is 0 Å². The number of nitrogens with zero attached hydrogens (tertiary/aromatic N) is 1. The Kier molecular flexibility index (Phi) is 9.30. The first-order valence-electron chi connectivity index (χ1n) is 9.24. The topological polar surface area (TPSA) is 70.6 Å². The first-order valence-corrected chi connectivity index (χ1v) is 10.00. The molecule has 0 aromatic heterocycles. The quantitative estimate of drug-likeness (QED) is 0.201. The maximum Gasteiger partial charge on any atom is 0.416 e. The third-order valence-electron chi connectivity index (χ3n) is 3.95. The lowest BCUT2D eigenvalue weighted by Crippen LogP contribution is -2.20. The fourth-order valence-corrected chi connectivity index (χ4v) is 2.67. The fraction of sp³-hybridized carbons (Fsp3) is 0.0909. The number of isocyanates is 1. The van der Waals surface area contributed by atoms with Crippen LogP contribution in [0.5, 0.6) is 0 Å². The summed E-state index contributed by atoms with van der Waals surface area (Å²) in [5, 5.41) is 5.23. The predicted octanol–water partition coefficient (Wildman–Crippen LogP) is 8.33. The van der Waals surface area contributed by atoms with Gasteiger partial charge in [0.05, 0.1) is 16.8 Å². The third-order valence-corrected chi connectivity index (χ3v) is 4.45. The monoisotopic (exact) mass is 535 g/mol. The van der Waals surface area contributed by atoms with E-state index in [4.69, 9.17) is 23.2 Å². The Balaban J connectivity index is 0.000000360. The van der Waals surface area contributed by atoms with Gasteiger partial charge in [-0.05, 0) is 66.7 Å². The highest BCUT2D eigenvalue weighted by Crippen LogP contribution is 2.37. The molecule has 0 aliphatic rings. The number of halogens is 8. The van der Waals surface area contributed by atoms with Gasteiger partial charge in [0.2, 0.25) is 6.08 Å². The number of alkyl halides is 6. The van der Waals surface area contributed by atoms with Crippen molar-refractivity contribution in [1.82, 2.24) is 0 Å². The first-order chi connectivity index (χ1) is 16.3. The van der Waals surface area contributed by atoms with E-state index in [9.17, 15) is 35.9 Å². The molecular formula is C22H13Cl2F6N3O2. The van der Waals surface area contributed by atoms with E-state index in [2.05, 4.69) is 10.3 Å². The number of nitrogens with one attached hydrogen (secondary N) is 2. The molecule has 5 nitrogen and oxygen atoms in total. The van der Waals surface area contributed by atoms with Crippen molar-refractivity contribution in [2.75, 3.05) is 10.6 Å². The molecule has 0 spiro atoms. The minimum Gasteiger partial charge on any atom is -0.308 e. The molecule has 0 atom stereocenters. The Labute approximate surface area is 204 Å². The number of amides is 2. The number of benzene rings is 3. The highest BCUT2D eigenvalue weighted by molar-refractivity contribution is 6.30. The summed E-state index contributed by atoms with van der Waals surface area (Å²) < 4.78 is 76.5. The summed E-state index contributed by atoms with van der Waals surface area (Å²) in [7, 11) is 0. The Morgan fingerprint density at radius 1 is 0.714 bits per heavy atom. The lowest BCUT2D eigenvalue weighted by molar-refractivity contribution is -0.143. The van der Waals surface area contributed by atoms with Gasteiger partial charge < -0.3 is 10.6 Å². The van der Waals surface area contributed by atoms with Crippen molar-refractivity contribution < 1.29 is 35.9 Å². The van der Waals surface area contributed by atoms with Gasteiger partial charge in [0.1, 0.15) is 0 Å². The molecule has 2 amide bonds. The number of hydrogen-bond donors (Lipinski definition) is 2. The average molecular weight is 536 g/mol. The van der Waals surface area contributed by atoms with Crippen LogP contribution < -0.4 is 10.6 Å². The molecule has 0 fully saturated rings. The van der Waals surface area contributed by atoms with Gasteiger partial charge in [0.15, 0.2) is 0 Å². The summed E-state index contributed by atoms with van der Waals surface area (Å²) in [6.07, 6.45) is -8.56. The van der Waals surface area contributed by atoms with Crippen LogP contribution in [0.4, 0.5) is 48.2 Å². The minimum atomic E-state index is -5.00. The van der Waals surface area contributed by atoms with Gasteiger partial charge in [-0.15, -0.1) is 0 Å². The van der Waals surface area contributed by atoms with E-state index in [1.165, 1.54) is 30.3 Å². The van der Waals surface area contributed by atoms with Gasteiger partial charge in [0.25, 0.3) is 0 Å². The molecule has 0 saturated carbocycles. The summed E-state index contributed by atoms with van der Waals surface area (Å²) in [5.74, 6) is 0. The van der Waals surface area contributed by atoms with E-state index in [1.54, 1.807) is 24.3 Å². The van der Waals surface area contributed by atoms with Gasteiger partial charge in [0, 0.05) is 21.4 Å². The predicted molar refractivity (Wildman–Crippen MR) is 120 cm³/mol. The zero-order valence-corrected chi connectivity index (χ0v) is 18.7. The van der Waals surface area contributed by atoms with Crippen molar-refractivity contribution in [2.45, 2.75) is 12.4 Å². The van der Waals surface area contributed by atoms with Gasteiger partial charge in [-0.25, -0.2) is 9.59 Å². The van der Waals surface area contributed by atoms with Crippen LogP contribution in [-0.4, -0.2) is 12.1 Å². The maximum absolute atomic E-state index is 12.7. The Morgan fingerprint density at radius 2 is 1.14 bits per heavy atom. The van der Waals surface area contributed by atoms with Gasteiger partial charge in [-0.1, -0.05) is 23.2 Å². The van der Waals surface area contributed by atoms with Crippen LogP contribution in [0.25, 0.3) is 0 Å². The van der Waals surface area contributed by atoms with Crippen LogP contribution in [0.15, 0.2) is 71.7 Å². The molecule has 3 rings (SSSR count). The minimum absolute atomic E-state index is 0.0255. The Hall–Kier alpha value is -3.53. The second-order valence-electron chi connectivity index (χ2n) is 6.56. The van der Waals surface area contributed by atoms with E-state index in [1.807, 2.05) is 5.32 Å². The summed E-state index contributed by atoms with van der Waals surface area (Å²) in [6, 6.07) is 12.1. The normalized spacial score (nSPS) is 11.0. The van der Waals surface area contributed by atoms with Crippen LogP contribution in [0.3, 0.4) is 0 Å². The van der Waals surface area contributed by atoms with Crippen LogP contribution in [-0.2, 0) is 17.1 Å². The van der Waals surface area contributed by atoms with E-state index >= 15 is 0 Å². The van der Waals surface area contributed by atoms with Crippen molar-refractivity contribution in [1.29, 1.82) is 0 Å². The molecule has 0 aliphatic heterocycles. The van der Waals surface area contributed by atoms with E-state index in [0.717, 1.165) is 0 Å². The van der Waals surface area contributed by atoms with Crippen LogP contribution >= 0.6 is 23.2 Å². The largest absolute Gasteiger partial charge is 0.416 e. The number of carbonyl (C=O) groups excluding carboxylic acids is 2. The fourth-order valence-electron chi connectivity index (χ4n) is 2.42. The Morgan fingerprint density at radius 3 is 1.57 bits per heavy atom. The number of urea groups is 1. The second kappa shape index (κ2) is 11.7. The zero-order chi connectivity index (χ0) is 26.2. The lowest BCUT2D eigenvalue weighted by Gasteiger charge is -2.15. The number of hydrogen-bond acceptors (Lipinski definition) is 3. The van der Waals surface area contributed by atoms with E-state index < -0.39 is 35.2 Å². The molecule has 0 radical (unpaired) electrons. The van der Waals surface area contributed by atoms with Crippen molar-refractivity contribution in [3.05, 3.63) is 87.9 Å².